The van der Waals surface area contributed by atoms with E-state index in [0.717, 1.165) is 15.0 Å². The maximum Gasteiger partial charge on any atom is 0.119 e. The maximum absolute atomic E-state index is 8.85. The molecule has 0 bridgehead atoms. The van der Waals surface area contributed by atoms with Crippen LogP contribution in [0.2, 0.25) is 0 Å². The standard InChI is InChI=1S/C10H7NS3/c1-13-6-2-3-8-7(4-6)10(12)9(5-11)14-8/h2-4,12H,1H3. The summed E-state index contributed by atoms with van der Waals surface area (Å²) < 4.78 is 1.13. The van der Waals surface area contributed by atoms with Crippen molar-refractivity contribution in [2.45, 2.75) is 9.79 Å². The Morgan fingerprint density at radius 2 is 2.29 bits per heavy atom. The lowest BCUT2D eigenvalue weighted by atomic mass is 10.2. The van der Waals surface area contributed by atoms with Gasteiger partial charge in [-0.1, -0.05) is 0 Å². The Kier molecular flexibility index (Phi) is 2.73. The summed E-state index contributed by atoms with van der Waals surface area (Å²) in [7, 11) is 0. The maximum atomic E-state index is 8.85. The normalized spacial score (nSPS) is 10.4. The molecular formula is C10H7NS3. The lowest BCUT2D eigenvalue weighted by molar-refractivity contribution is 1.46. The van der Waals surface area contributed by atoms with Gasteiger partial charge in [0.2, 0.25) is 0 Å². The molecule has 2 aromatic rings. The van der Waals surface area contributed by atoms with Crippen LogP contribution in [-0.4, -0.2) is 6.26 Å². The number of benzene rings is 1. The van der Waals surface area contributed by atoms with Crippen molar-refractivity contribution in [3.8, 4) is 6.07 Å². The van der Waals surface area contributed by atoms with Crippen molar-refractivity contribution in [1.82, 2.24) is 0 Å². The highest BCUT2D eigenvalue weighted by atomic mass is 32.2. The Balaban J connectivity index is 2.76. The fraction of sp³-hybridized carbons (Fsp3) is 0.100. The van der Waals surface area contributed by atoms with Crippen LogP contribution in [-0.2, 0) is 0 Å². The molecule has 0 saturated carbocycles. The van der Waals surface area contributed by atoms with Crippen molar-refractivity contribution < 1.29 is 0 Å². The molecule has 0 aliphatic heterocycles. The van der Waals surface area contributed by atoms with E-state index in [1.54, 1.807) is 11.8 Å². The minimum atomic E-state index is 0.696. The third-order valence-corrected chi connectivity index (χ3v) is 4.39. The van der Waals surface area contributed by atoms with E-state index >= 15 is 0 Å². The molecule has 0 amide bonds. The Morgan fingerprint density at radius 1 is 1.50 bits per heavy atom. The summed E-state index contributed by atoms with van der Waals surface area (Å²) >= 11 is 7.55. The summed E-state index contributed by atoms with van der Waals surface area (Å²) in [6.45, 7) is 0. The molecule has 1 aromatic heterocycles. The van der Waals surface area contributed by atoms with Gasteiger partial charge in [0, 0.05) is 19.9 Å². The Labute approximate surface area is 96.2 Å². The zero-order valence-corrected chi connectivity index (χ0v) is 9.97. The van der Waals surface area contributed by atoms with Crippen molar-refractivity contribution >= 4 is 45.8 Å². The van der Waals surface area contributed by atoms with Gasteiger partial charge in [-0.2, -0.15) is 5.26 Å². The highest BCUT2D eigenvalue weighted by Crippen LogP contribution is 2.35. The second-order valence-corrected chi connectivity index (χ2v) is 5.13. The second kappa shape index (κ2) is 3.85. The molecule has 0 aliphatic rings. The van der Waals surface area contributed by atoms with Gasteiger partial charge in [-0.05, 0) is 24.5 Å². The quantitative estimate of drug-likeness (QED) is 0.602. The zero-order valence-electron chi connectivity index (χ0n) is 7.44. The molecular weight excluding hydrogens is 230 g/mol. The second-order valence-electron chi connectivity index (χ2n) is 2.75. The van der Waals surface area contributed by atoms with E-state index in [1.165, 1.54) is 16.2 Å². The number of fused-ring (bicyclic) bond motifs is 1. The molecule has 0 unspecified atom stereocenters. The van der Waals surface area contributed by atoms with Crippen LogP contribution in [0.15, 0.2) is 28.0 Å². The lowest BCUT2D eigenvalue weighted by Crippen LogP contribution is -1.70. The minimum Gasteiger partial charge on any atom is -0.191 e. The smallest absolute Gasteiger partial charge is 0.119 e. The van der Waals surface area contributed by atoms with E-state index in [-0.39, 0.29) is 0 Å². The van der Waals surface area contributed by atoms with Crippen LogP contribution in [0.5, 0.6) is 0 Å². The number of nitrogens with zero attached hydrogens (tertiary/aromatic N) is 1. The third kappa shape index (κ3) is 1.52. The van der Waals surface area contributed by atoms with Crippen molar-refractivity contribution in [3.63, 3.8) is 0 Å². The number of hydrogen-bond acceptors (Lipinski definition) is 4. The van der Waals surface area contributed by atoms with Crippen LogP contribution >= 0.6 is 35.7 Å². The van der Waals surface area contributed by atoms with Gasteiger partial charge in [-0.25, -0.2) is 0 Å². The molecule has 0 spiro atoms. The minimum absolute atomic E-state index is 0.696. The first-order chi connectivity index (χ1) is 6.76. The predicted octanol–water partition coefficient (Wildman–Crippen LogP) is 3.78. The lowest BCUT2D eigenvalue weighted by Gasteiger charge is -1.95. The van der Waals surface area contributed by atoms with Gasteiger partial charge in [0.15, 0.2) is 0 Å². The first kappa shape index (κ1) is 9.91. The molecule has 0 N–H and O–H groups in total. The molecule has 0 aliphatic carbocycles. The van der Waals surface area contributed by atoms with Crippen LogP contribution in [0.1, 0.15) is 4.88 Å². The molecule has 70 valence electrons. The number of rotatable bonds is 1. The summed E-state index contributed by atoms with van der Waals surface area (Å²) in [5, 5.41) is 9.94. The summed E-state index contributed by atoms with van der Waals surface area (Å²) in [6.07, 6.45) is 2.04. The van der Waals surface area contributed by atoms with Crippen LogP contribution in [0.25, 0.3) is 10.1 Å². The molecule has 0 saturated heterocycles. The highest BCUT2D eigenvalue weighted by molar-refractivity contribution is 7.98. The summed E-state index contributed by atoms with van der Waals surface area (Å²) in [6, 6.07) is 8.36. The third-order valence-electron chi connectivity index (χ3n) is 1.97. The van der Waals surface area contributed by atoms with Gasteiger partial charge in [0.25, 0.3) is 0 Å². The van der Waals surface area contributed by atoms with Crippen LogP contribution in [0.3, 0.4) is 0 Å². The van der Waals surface area contributed by atoms with E-state index in [9.17, 15) is 0 Å². The monoisotopic (exact) mass is 237 g/mol. The van der Waals surface area contributed by atoms with E-state index in [0.29, 0.717) is 4.88 Å². The van der Waals surface area contributed by atoms with Gasteiger partial charge in [0.05, 0.1) is 0 Å². The Morgan fingerprint density at radius 3 is 2.93 bits per heavy atom. The molecule has 1 nitrogen and oxygen atoms in total. The number of thioether (sulfide) groups is 1. The molecule has 14 heavy (non-hydrogen) atoms. The topological polar surface area (TPSA) is 23.8 Å². The van der Waals surface area contributed by atoms with Gasteiger partial charge < -0.3 is 0 Å². The number of hydrogen-bond donors (Lipinski definition) is 1. The molecule has 1 heterocycles. The van der Waals surface area contributed by atoms with E-state index in [1.807, 2.05) is 12.3 Å². The molecule has 0 atom stereocenters. The fourth-order valence-electron chi connectivity index (χ4n) is 1.27. The van der Waals surface area contributed by atoms with E-state index < -0.39 is 0 Å². The molecule has 1 aromatic carbocycles. The predicted molar refractivity (Wildman–Crippen MR) is 65.6 cm³/mol. The van der Waals surface area contributed by atoms with Gasteiger partial charge in [0.1, 0.15) is 10.9 Å². The molecule has 0 radical (unpaired) electrons. The Bertz CT molecular complexity index is 522. The highest BCUT2D eigenvalue weighted by Gasteiger charge is 2.08. The van der Waals surface area contributed by atoms with Gasteiger partial charge in [-0.3, -0.25) is 0 Å². The fourth-order valence-corrected chi connectivity index (χ4v) is 3.03. The van der Waals surface area contributed by atoms with Crippen LogP contribution in [0.4, 0.5) is 0 Å². The first-order valence-electron chi connectivity index (χ1n) is 3.96. The summed E-state index contributed by atoms with van der Waals surface area (Å²) in [5.41, 5.74) is 0. The summed E-state index contributed by atoms with van der Waals surface area (Å²) in [5.74, 6) is 0. The van der Waals surface area contributed by atoms with Crippen LogP contribution < -0.4 is 0 Å². The van der Waals surface area contributed by atoms with Gasteiger partial charge in [-0.15, -0.1) is 35.7 Å². The Hall–Kier alpha value is -0.630. The van der Waals surface area contributed by atoms with E-state index in [2.05, 4.69) is 30.8 Å². The number of thiol groups is 1. The van der Waals surface area contributed by atoms with Crippen LogP contribution in [0, 0.1) is 11.3 Å². The molecule has 4 heteroatoms. The van der Waals surface area contributed by atoms with Crippen molar-refractivity contribution in [2.24, 2.45) is 0 Å². The number of nitriles is 1. The average Bonchev–Trinajstić information content (AvgIpc) is 2.55. The number of thiophene rings is 1. The first-order valence-corrected chi connectivity index (χ1v) is 6.44. The summed E-state index contributed by atoms with van der Waals surface area (Å²) in [4.78, 5) is 2.71. The zero-order chi connectivity index (χ0) is 10.1. The molecule has 0 fully saturated rings. The molecule has 2 rings (SSSR count). The van der Waals surface area contributed by atoms with Crippen molar-refractivity contribution in [2.75, 3.05) is 6.26 Å². The van der Waals surface area contributed by atoms with Crippen molar-refractivity contribution in [3.05, 3.63) is 23.1 Å². The average molecular weight is 237 g/mol. The largest absolute Gasteiger partial charge is 0.191 e. The van der Waals surface area contributed by atoms with Crippen molar-refractivity contribution in [1.29, 1.82) is 5.26 Å². The van der Waals surface area contributed by atoms with E-state index in [4.69, 9.17) is 5.26 Å². The SMILES string of the molecule is CSc1ccc2sc(C#N)c(S)c2c1. The van der Waals surface area contributed by atoms with Gasteiger partial charge >= 0.3 is 0 Å².